The van der Waals surface area contributed by atoms with Crippen molar-refractivity contribution in [3.63, 3.8) is 0 Å². The average Bonchev–Trinajstić information content (AvgIpc) is 2.67. The highest BCUT2D eigenvalue weighted by Gasteiger charge is 2.12. The van der Waals surface area contributed by atoms with Crippen molar-refractivity contribution in [3.8, 4) is 11.5 Å². The van der Waals surface area contributed by atoms with Gasteiger partial charge in [-0.2, -0.15) is 0 Å². The van der Waals surface area contributed by atoms with Gasteiger partial charge in [0.25, 0.3) is 0 Å². The Morgan fingerprint density at radius 3 is 2.31 bits per heavy atom. The molecule has 0 fully saturated rings. The van der Waals surface area contributed by atoms with Gasteiger partial charge in [-0.1, -0.05) is 49.2 Å². The number of amides is 1. The Labute approximate surface area is 182 Å². The molecule has 2 aromatic carbocycles. The van der Waals surface area contributed by atoms with Gasteiger partial charge in [-0.15, -0.1) is 0 Å². The lowest BCUT2D eigenvalue weighted by molar-refractivity contribution is -0.124. The number of halogens is 2. The summed E-state index contributed by atoms with van der Waals surface area (Å²) in [6.45, 7) is 5.72. The standard InChI is InChI=1S/C23H27Cl2NO3/c1-15(2)21(27)11-4-16(3)26-23(28)13-7-17-5-9-19(10-6-17)29-22-12-8-18(24)14-20(22)25/h5-6,8-10,12,14-16H,4,7,11,13H2,1-3H3,(H,26,28)/t16-/m1/s1. The van der Waals surface area contributed by atoms with Gasteiger partial charge < -0.3 is 10.1 Å². The van der Waals surface area contributed by atoms with E-state index in [0.717, 1.165) is 5.56 Å². The number of aryl methyl sites for hydroxylation is 1. The molecule has 1 N–H and O–H groups in total. The van der Waals surface area contributed by atoms with E-state index in [1.807, 2.05) is 45.0 Å². The van der Waals surface area contributed by atoms with E-state index in [1.54, 1.807) is 18.2 Å². The van der Waals surface area contributed by atoms with Crippen molar-refractivity contribution in [1.82, 2.24) is 5.32 Å². The monoisotopic (exact) mass is 435 g/mol. The number of carbonyl (C=O) groups excluding carboxylic acids is 2. The van der Waals surface area contributed by atoms with Crippen LogP contribution in [0.2, 0.25) is 10.0 Å². The van der Waals surface area contributed by atoms with Crippen LogP contribution in [0.1, 0.15) is 45.6 Å². The predicted octanol–water partition coefficient (Wildman–Crippen LogP) is 6.23. The second kappa shape index (κ2) is 11.2. The number of hydrogen-bond acceptors (Lipinski definition) is 3. The third-order valence-electron chi connectivity index (χ3n) is 4.56. The van der Waals surface area contributed by atoms with Gasteiger partial charge in [0.05, 0.1) is 5.02 Å². The minimum atomic E-state index is -0.0113. The topological polar surface area (TPSA) is 55.4 Å². The highest BCUT2D eigenvalue weighted by Crippen LogP contribution is 2.31. The Balaban J connectivity index is 1.77. The summed E-state index contributed by atoms with van der Waals surface area (Å²) in [7, 11) is 0. The molecule has 0 radical (unpaired) electrons. The van der Waals surface area contributed by atoms with Gasteiger partial charge in [-0.25, -0.2) is 0 Å². The average molecular weight is 436 g/mol. The van der Waals surface area contributed by atoms with Crippen LogP contribution in [-0.2, 0) is 16.0 Å². The molecule has 2 rings (SSSR count). The fourth-order valence-corrected chi connectivity index (χ4v) is 3.18. The number of benzene rings is 2. The molecule has 0 bridgehead atoms. The molecule has 0 aliphatic heterocycles. The molecule has 0 saturated carbocycles. The SMILES string of the molecule is CC(C)C(=O)CC[C@@H](C)NC(=O)CCc1ccc(Oc2ccc(Cl)cc2Cl)cc1. The maximum Gasteiger partial charge on any atom is 0.220 e. The van der Waals surface area contributed by atoms with Crippen LogP contribution >= 0.6 is 23.2 Å². The first-order valence-electron chi connectivity index (χ1n) is 9.78. The van der Waals surface area contributed by atoms with Gasteiger partial charge in [0.2, 0.25) is 5.91 Å². The third-order valence-corrected chi connectivity index (χ3v) is 5.09. The fourth-order valence-electron chi connectivity index (χ4n) is 2.73. The largest absolute Gasteiger partial charge is 0.456 e. The summed E-state index contributed by atoms with van der Waals surface area (Å²) in [6.07, 6.45) is 2.19. The number of ether oxygens (including phenoxy) is 1. The first-order chi connectivity index (χ1) is 13.7. The normalized spacial score (nSPS) is 11.9. The molecule has 156 valence electrons. The van der Waals surface area contributed by atoms with Crippen molar-refractivity contribution in [2.45, 2.75) is 52.5 Å². The highest BCUT2D eigenvalue weighted by atomic mass is 35.5. The molecule has 0 aromatic heterocycles. The summed E-state index contributed by atoms with van der Waals surface area (Å²) < 4.78 is 5.76. The summed E-state index contributed by atoms with van der Waals surface area (Å²) in [5.41, 5.74) is 1.04. The molecule has 0 unspecified atom stereocenters. The summed E-state index contributed by atoms with van der Waals surface area (Å²) in [6, 6.07) is 12.6. The number of rotatable bonds is 10. The van der Waals surface area contributed by atoms with Crippen LogP contribution in [0.5, 0.6) is 11.5 Å². The molecule has 0 aliphatic rings. The first-order valence-corrected chi connectivity index (χ1v) is 10.5. The van der Waals surface area contributed by atoms with Gasteiger partial charge in [-0.3, -0.25) is 9.59 Å². The van der Waals surface area contributed by atoms with Crippen LogP contribution in [0, 0.1) is 5.92 Å². The van der Waals surface area contributed by atoms with E-state index in [9.17, 15) is 9.59 Å². The first kappa shape index (κ1) is 23.2. The minimum absolute atomic E-state index is 0.00917. The summed E-state index contributed by atoms with van der Waals surface area (Å²) in [5.74, 6) is 1.45. The number of Topliss-reactive ketones (excluding diaryl/α,β-unsaturated/α-hetero) is 1. The lowest BCUT2D eigenvalue weighted by atomic mass is 10.0. The molecule has 0 spiro atoms. The minimum Gasteiger partial charge on any atom is -0.456 e. The third kappa shape index (κ3) is 8.08. The molecule has 29 heavy (non-hydrogen) atoms. The van der Waals surface area contributed by atoms with E-state index in [2.05, 4.69) is 5.32 Å². The lowest BCUT2D eigenvalue weighted by Crippen LogP contribution is -2.33. The van der Waals surface area contributed by atoms with Crippen molar-refractivity contribution >= 4 is 34.9 Å². The maximum absolute atomic E-state index is 12.1. The zero-order valence-electron chi connectivity index (χ0n) is 17.0. The Morgan fingerprint density at radius 2 is 1.69 bits per heavy atom. The number of nitrogens with one attached hydrogen (secondary N) is 1. The molecule has 1 atom stereocenters. The summed E-state index contributed by atoms with van der Waals surface area (Å²) in [4.78, 5) is 23.8. The van der Waals surface area contributed by atoms with Crippen molar-refractivity contribution in [2.75, 3.05) is 0 Å². The molecule has 1 amide bonds. The summed E-state index contributed by atoms with van der Waals surface area (Å²) in [5, 5.41) is 3.96. The Morgan fingerprint density at radius 1 is 1.00 bits per heavy atom. The van der Waals surface area contributed by atoms with E-state index in [0.29, 0.717) is 47.2 Å². The van der Waals surface area contributed by atoms with E-state index < -0.39 is 0 Å². The van der Waals surface area contributed by atoms with Gasteiger partial charge in [0.1, 0.15) is 17.3 Å². The van der Waals surface area contributed by atoms with Crippen LogP contribution in [0.3, 0.4) is 0 Å². The summed E-state index contributed by atoms with van der Waals surface area (Å²) >= 11 is 12.0. The zero-order valence-corrected chi connectivity index (χ0v) is 18.5. The van der Waals surface area contributed by atoms with E-state index in [-0.39, 0.29) is 23.7 Å². The maximum atomic E-state index is 12.1. The van der Waals surface area contributed by atoms with Crippen molar-refractivity contribution in [1.29, 1.82) is 0 Å². The number of hydrogen-bond donors (Lipinski definition) is 1. The van der Waals surface area contributed by atoms with Gasteiger partial charge in [-0.05, 0) is 55.7 Å². The zero-order chi connectivity index (χ0) is 21.4. The predicted molar refractivity (Wildman–Crippen MR) is 118 cm³/mol. The number of carbonyl (C=O) groups is 2. The van der Waals surface area contributed by atoms with Gasteiger partial charge in [0, 0.05) is 29.8 Å². The van der Waals surface area contributed by atoms with Gasteiger partial charge in [0.15, 0.2) is 0 Å². The van der Waals surface area contributed by atoms with Gasteiger partial charge >= 0.3 is 0 Å². The molecule has 6 heteroatoms. The second-order valence-electron chi connectivity index (χ2n) is 7.45. The second-order valence-corrected chi connectivity index (χ2v) is 8.29. The van der Waals surface area contributed by atoms with Crippen molar-refractivity contribution in [2.24, 2.45) is 5.92 Å². The van der Waals surface area contributed by atoms with Crippen molar-refractivity contribution < 1.29 is 14.3 Å². The molecule has 2 aromatic rings. The fraction of sp³-hybridized carbons (Fsp3) is 0.391. The molecule has 0 heterocycles. The quantitative estimate of drug-likeness (QED) is 0.481. The Hall–Kier alpha value is -2.04. The van der Waals surface area contributed by atoms with Crippen LogP contribution in [0.25, 0.3) is 0 Å². The van der Waals surface area contributed by atoms with Crippen LogP contribution in [0.15, 0.2) is 42.5 Å². The van der Waals surface area contributed by atoms with Crippen LogP contribution in [-0.4, -0.2) is 17.7 Å². The van der Waals surface area contributed by atoms with Crippen molar-refractivity contribution in [3.05, 3.63) is 58.1 Å². The lowest BCUT2D eigenvalue weighted by Gasteiger charge is -2.14. The Kier molecular flexibility index (Phi) is 8.99. The molecule has 0 saturated heterocycles. The van der Waals surface area contributed by atoms with E-state index in [4.69, 9.17) is 27.9 Å². The van der Waals surface area contributed by atoms with Crippen LogP contribution in [0.4, 0.5) is 0 Å². The molecule has 4 nitrogen and oxygen atoms in total. The highest BCUT2D eigenvalue weighted by molar-refractivity contribution is 6.35. The van der Waals surface area contributed by atoms with Crippen LogP contribution < -0.4 is 10.1 Å². The van der Waals surface area contributed by atoms with E-state index in [1.165, 1.54) is 0 Å². The van der Waals surface area contributed by atoms with E-state index >= 15 is 0 Å². The molecular weight excluding hydrogens is 409 g/mol. The smallest absolute Gasteiger partial charge is 0.220 e. The molecular formula is C23H27Cl2NO3. The molecule has 0 aliphatic carbocycles. The Bertz CT molecular complexity index is 835. The number of ketones is 1.